The average Bonchev–Trinajstić information content (AvgIpc) is 2.49. The Balaban J connectivity index is 1.62. The minimum atomic E-state index is 0.828. The molecule has 2 N–H and O–H groups in total. The van der Waals surface area contributed by atoms with E-state index < -0.39 is 0 Å². The first kappa shape index (κ1) is 12.4. The van der Waals surface area contributed by atoms with Crippen LogP contribution in [-0.4, -0.2) is 24.6 Å². The van der Waals surface area contributed by atoms with Crippen molar-refractivity contribution in [3.8, 4) is 0 Å². The summed E-state index contributed by atoms with van der Waals surface area (Å²) in [6, 6.07) is 10.4. The molecule has 1 fully saturated rings. The highest BCUT2D eigenvalue weighted by Crippen LogP contribution is 2.21. The molecule has 0 aliphatic carbocycles. The monoisotopic (exact) mass is 255 g/mol. The van der Waals surface area contributed by atoms with E-state index in [2.05, 4.69) is 39.9 Å². The normalized spacial score (nSPS) is 19.5. The molecule has 3 rings (SSSR count). The number of nitrogens with one attached hydrogen (secondary N) is 2. The predicted octanol–water partition coefficient (Wildman–Crippen LogP) is 3.04. The number of piperidine rings is 1. The Bertz CT molecular complexity index is 527. The number of para-hydroxylation sites is 1. The maximum atomic E-state index is 4.39. The molecule has 1 unspecified atom stereocenters. The quantitative estimate of drug-likeness (QED) is 0.881. The molecule has 1 aromatic carbocycles. The minimum Gasteiger partial charge on any atom is -0.384 e. The van der Waals surface area contributed by atoms with Crippen molar-refractivity contribution in [2.45, 2.75) is 19.3 Å². The molecule has 1 aliphatic rings. The second-order valence-electron chi connectivity index (χ2n) is 5.30. The van der Waals surface area contributed by atoms with Crippen LogP contribution in [0.15, 0.2) is 36.5 Å². The molecule has 2 heterocycles. The summed E-state index contributed by atoms with van der Waals surface area (Å²) in [5, 5.41) is 8.26. The van der Waals surface area contributed by atoms with Gasteiger partial charge in [0.1, 0.15) is 0 Å². The summed E-state index contributed by atoms with van der Waals surface area (Å²) in [6.07, 6.45) is 5.81. The van der Waals surface area contributed by atoms with E-state index in [1.165, 1.54) is 43.4 Å². The summed E-state index contributed by atoms with van der Waals surface area (Å²) in [5.41, 5.74) is 2.27. The first-order valence-corrected chi connectivity index (χ1v) is 7.22. The van der Waals surface area contributed by atoms with Crippen molar-refractivity contribution in [2.24, 2.45) is 5.92 Å². The Hall–Kier alpha value is -1.61. The van der Waals surface area contributed by atoms with E-state index >= 15 is 0 Å². The fraction of sp³-hybridized carbons (Fsp3) is 0.438. The van der Waals surface area contributed by atoms with Gasteiger partial charge in [0.25, 0.3) is 0 Å². The van der Waals surface area contributed by atoms with Crippen LogP contribution in [0.1, 0.15) is 19.3 Å². The van der Waals surface area contributed by atoms with E-state index in [1.807, 2.05) is 12.3 Å². The van der Waals surface area contributed by atoms with Crippen LogP contribution in [0, 0.1) is 5.92 Å². The smallest absolute Gasteiger partial charge is 0.0722 e. The summed E-state index contributed by atoms with van der Waals surface area (Å²) in [7, 11) is 0. The molecule has 0 saturated carbocycles. The lowest BCUT2D eigenvalue weighted by Gasteiger charge is -2.23. The van der Waals surface area contributed by atoms with Crippen LogP contribution in [-0.2, 0) is 0 Å². The zero-order valence-electron chi connectivity index (χ0n) is 11.2. The number of pyridine rings is 1. The molecule has 0 bridgehead atoms. The zero-order chi connectivity index (χ0) is 12.9. The molecule has 2 aromatic rings. The largest absolute Gasteiger partial charge is 0.384 e. The van der Waals surface area contributed by atoms with Gasteiger partial charge in [-0.05, 0) is 50.4 Å². The Morgan fingerprint density at radius 1 is 1.26 bits per heavy atom. The van der Waals surface area contributed by atoms with Crippen LogP contribution in [0.3, 0.4) is 0 Å². The van der Waals surface area contributed by atoms with E-state index in [-0.39, 0.29) is 0 Å². The van der Waals surface area contributed by atoms with Crippen LogP contribution in [0.5, 0.6) is 0 Å². The fourth-order valence-corrected chi connectivity index (χ4v) is 2.83. The van der Waals surface area contributed by atoms with Gasteiger partial charge in [-0.15, -0.1) is 0 Å². The Morgan fingerprint density at radius 3 is 3.11 bits per heavy atom. The topological polar surface area (TPSA) is 37.0 Å². The maximum absolute atomic E-state index is 4.39. The summed E-state index contributed by atoms with van der Waals surface area (Å²) < 4.78 is 0. The van der Waals surface area contributed by atoms with Gasteiger partial charge < -0.3 is 10.6 Å². The van der Waals surface area contributed by atoms with E-state index in [0.717, 1.165) is 18.0 Å². The van der Waals surface area contributed by atoms with Crippen LogP contribution in [0.25, 0.3) is 10.9 Å². The molecule has 19 heavy (non-hydrogen) atoms. The van der Waals surface area contributed by atoms with Crippen molar-refractivity contribution >= 4 is 16.6 Å². The third-order valence-corrected chi connectivity index (χ3v) is 3.92. The third-order valence-electron chi connectivity index (χ3n) is 3.92. The molecule has 3 nitrogen and oxygen atoms in total. The molecule has 0 spiro atoms. The number of hydrogen-bond donors (Lipinski definition) is 2. The number of fused-ring (bicyclic) bond motifs is 1. The molecule has 100 valence electrons. The van der Waals surface area contributed by atoms with Crippen LogP contribution < -0.4 is 10.6 Å². The number of nitrogens with zero attached hydrogens (tertiary/aromatic N) is 1. The zero-order valence-corrected chi connectivity index (χ0v) is 11.2. The average molecular weight is 255 g/mol. The van der Waals surface area contributed by atoms with E-state index in [1.54, 1.807) is 0 Å². The summed E-state index contributed by atoms with van der Waals surface area (Å²) in [5.74, 6) is 0.828. The molecule has 1 aromatic heterocycles. The number of aromatic nitrogens is 1. The van der Waals surface area contributed by atoms with Gasteiger partial charge in [-0.3, -0.25) is 4.98 Å². The lowest BCUT2D eigenvalue weighted by atomic mass is 9.96. The highest BCUT2D eigenvalue weighted by atomic mass is 14.9. The minimum absolute atomic E-state index is 0.828. The molecule has 1 saturated heterocycles. The first-order chi connectivity index (χ1) is 9.43. The van der Waals surface area contributed by atoms with Crippen molar-refractivity contribution in [1.82, 2.24) is 10.3 Å². The SMILES string of the molecule is c1ccc2c(NCCC3CCCNC3)ccnc2c1. The van der Waals surface area contributed by atoms with Gasteiger partial charge in [-0.1, -0.05) is 18.2 Å². The van der Waals surface area contributed by atoms with Crippen molar-refractivity contribution in [3.63, 3.8) is 0 Å². The number of hydrogen-bond acceptors (Lipinski definition) is 3. The second-order valence-corrected chi connectivity index (χ2v) is 5.30. The standard InChI is InChI=1S/C16H21N3/c1-2-6-15-14(5-1)16(8-11-19-15)18-10-7-13-4-3-9-17-12-13/h1-2,5-6,8,11,13,17H,3-4,7,9-10,12H2,(H,18,19). The Morgan fingerprint density at radius 2 is 2.21 bits per heavy atom. The van der Waals surface area contributed by atoms with Gasteiger partial charge in [-0.25, -0.2) is 0 Å². The van der Waals surface area contributed by atoms with Crippen molar-refractivity contribution in [1.29, 1.82) is 0 Å². The molecule has 1 atom stereocenters. The number of benzene rings is 1. The summed E-state index contributed by atoms with van der Waals surface area (Å²) >= 11 is 0. The number of rotatable bonds is 4. The molecular formula is C16H21N3. The van der Waals surface area contributed by atoms with E-state index in [4.69, 9.17) is 0 Å². The molecule has 0 amide bonds. The lowest BCUT2D eigenvalue weighted by Crippen LogP contribution is -2.30. The van der Waals surface area contributed by atoms with Gasteiger partial charge in [0.05, 0.1) is 5.52 Å². The molecule has 1 aliphatic heterocycles. The van der Waals surface area contributed by atoms with Crippen molar-refractivity contribution < 1.29 is 0 Å². The van der Waals surface area contributed by atoms with Crippen LogP contribution >= 0.6 is 0 Å². The predicted molar refractivity (Wildman–Crippen MR) is 80.4 cm³/mol. The number of anilines is 1. The molecule has 0 radical (unpaired) electrons. The Labute approximate surface area is 114 Å². The maximum Gasteiger partial charge on any atom is 0.0722 e. The van der Waals surface area contributed by atoms with Gasteiger partial charge in [0, 0.05) is 23.8 Å². The van der Waals surface area contributed by atoms with Gasteiger partial charge >= 0.3 is 0 Å². The highest BCUT2D eigenvalue weighted by molar-refractivity contribution is 5.90. The van der Waals surface area contributed by atoms with Crippen LogP contribution in [0.4, 0.5) is 5.69 Å². The fourth-order valence-electron chi connectivity index (χ4n) is 2.83. The van der Waals surface area contributed by atoms with Crippen molar-refractivity contribution in [3.05, 3.63) is 36.5 Å². The summed E-state index contributed by atoms with van der Waals surface area (Å²) in [4.78, 5) is 4.39. The van der Waals surface area contributed by atoms with Crippen molar-refractivity contribution in [2.75, 3.05) is 25.0 Å². The molecule has 3 heteroatoms. The second kappa shape index (κ2) is 6.02. The highest BCUT2D eigenvalue weighted by Gasteiger charge is 2.12. The van der Waals surface area contributed by atoms with Crippen LogP contribution in [0.2, 0.25) is 0 Å². The Kier molecular flexibility index (Phi) is 3.94. The first-order valence-electron chi connectivity index (χ1n) is 7.22. The van der Waals surface area contributed by atoms with E-state index in [0.29, 0.717) is 0 Å². The van der Waals surface area contributed by atoms with Gasteiger partial charge in [0.15, 0.2) is 0 Å². The van der Waals surface area contributed by atoms with E-state index in [9.17, 15) is 0 Å². The summed E-state index contributed by atoms with van der Waals surface area (Å²) in [6.45, 7) is 3.41. The van der Waals surface area contributed by atoms with Gasteiger partial charge in [-0.2, -0.15) is 0 Å². The lowest BCUT2D eigenvalue weighted by molar-refractivity contribution is 0.364. The van der Waals surface area contributed by atoms with Gasteiger partial charge in [0.2, 0.25) is 0 Å². The third kappa shape index (κ3) is 3.04. The molecular weight excluding hydrogens is 234 g/mol.